The number of methoxy groups -OCH3 is 1. The van der Waals surface area contributed by atoms with Crippen LogP contribution < -0.4 is 10.6 Å². The molecule has 1 atom stereocenters. The van der Waals surface area contributed by atoms with E-state index in [0.717, 1.165) is 30.0 Å². The number of rotatable bonds is 5. The predicted molar refractivity (Wildman–Crippen MR) is 69.7 cm³/mol. The second kappa shape index (κ2) is 5.39. The van der Waals surface area contributed by atoms with Crippen LogP contribution in [0.25, 0.3) is 0 Å². The summed E-state index contributed by atoms with van der Waals surface area (Å²) in [5, 5.41) is 10.6. The minimum atomic E-state index is -0.248. The lowest BCUT2D eigenvalue weighted by Gasteiger charge is -2.25. The maximum atomic E-state index is 12.0. The van der Waals surface area contributed by atoms with Crippen molar-refractivity contribution in [3.05, 3.63) is 5.69 Å². The Morgan fingerprint density at radius 3 is 2.94 bits per heavy atom. The molecule has 6 nitrogen and oxygen atoms in total. The van der Waals surface area contributed by atoms with Gasteiger partial charge < -0.3 is 15.4 Å². The Labute approximate surface area is 107 Å². The highest BCUT2D eigenvalue weighted by atomic mass is 16.5. The molecule has 1 aliphatic rings. The molecule has 0 fully saturated rings. The standard InChI is InChI=1S/C12H20N4O2/c1-4-5-8-10-11(16(2)15-8)13-9(6-7-18-3)12(17)14-10/h9,13H,4-7H2,1-3H3,(H,14,17). The molecule has 1 unspecified atom stereocenters. The van der Waals surface area contributed by atoms with Gasteiger partial charge in [0.25, 0.3) is 0 Å². The molecule has 2 heterocycles. The summed E-state index contributed by atoms with van der Waals surface area (Å²) in [4.78, 5) is 12.0. The number of amides is 1. The number of nitrogens with one attached hydrogen (secondary N) is 2. The average Bonchev–Trinajstić information content (AvgIpc) is 2.64. The summed E-state index contributed by atoms with van der Waals surface area (Å²) in [6, 6.07) is -0.248. The molecule has 0 radical (unpaired) electrons. The first kappa shape index (κ1) is 12.9. The summed E-state index contributed by atoms with van der Waals surface area (Å²) < 4.78 is 6.80. The minimum Gasteiger partial charge on any atom is -0.385 e. The molecule has 2 rings (SSSR count). The monoisotopic (exact) mass is 252 g/mol. The summed E-state index contributed by atoms with van der Waals surface area (Å²) in [6.07, 6.45) is 2.52. The lowest BCUT2D eigenvalue weighted by atomic mass is 10.1. The third-order valence-electron chi connectivity index (χ3n) is 3.09. The van der Waals surface area contributed by atoms with Crippen LogP contribution in [-0.2, 0) is 23.0 Å². The fourth-order valence-electron chi connectivity index (χ4n) is 2.17. The van der Waals surface area contributed by atoms with Crippen molar-refractivity contribution in [1.29, 1.82) is 0 Å². The summed E-state index contributed by atoms with van der Waals surface area (Å²) in [5.74, 6) is 0.879. The first-order chi connectivity index (χ1) is 8.67. The second-order valence-electron chi connectivity index (χ2n) is 4.51. The topological polar surface area (TPSA) is 68.2 Å². The highest BCUT2D eigenvalue weighted by molar-refractivity contribution is 6.02. The van der Waals surface area contributed by atoms with Gasteiger partial charge in [-0.1, -0.05) is 13.3 Å². The Hall–Kier alpha value is -1.56. The third kappa shape index (κ3) is 2.33. The highest BCUT2D eigenvalue weighted by Gasteiger charge is 2.29. The molecule has 0 bridgehead atoms. The maximum Gasteiger partial charge on any atom is 0.247 e. The van der Waals surface area contributed by atoms with Gasteiger partial charge in [0.15, 0.2) is 0 Å². The molecule has 0 saturated carbocycles. The molecule has 18 heavy (non-hydrogen) atoms. The molecule has 1 amide bonds. The Morgan fingerprint density at radius 1 is 1.50 bits per heavy atom. The van der Waals surface area contributed by atoms with Crippen LogP contribution in [0.2, 0.25) is 0 Å². The van der Waals surface area contributed by atoms with Gasteiger partial charge in [-0.25, -0.2) is 0 Å². The van der Waals surface area contributed by atoms with Crippen molar-refractivity contribution in [3.8, 4) is 0 Å². The number of fused-ring (bicyclic) bond motifs is 1. The molecular weight excluding hydrogens is 232 g/mol. The smallest absolute Gasteiger partial charge is 0.247 e. The number of carbonyl (C=O) groups excluding carboxylic acids is 1. The predicted octanol–water partition coefficient (Wildman–Crippen LogP) is 1.14. The lowest BCUT2D eigenvalue weighted by molar-refractivity contribution is -0.117. The molecule has 0 spiro atoms. The van der Waals surface area contributed by atoms with Crippen molar-refractivity contribution in [2.45, 2.75) is 32.2 Å². The van der Waals surface area contributed by atoms with Gasteiger partial charge in [0.2, 0.25) is 5.91 Å². The molecule has 6 heteroatoms. The summed E-state index contributed by atoms with van der Waals surface area (Å²) in [6.45, 7) is 2.65. The molecule has 0 aliphatic carbocycles. The van der Waals surface area contributed by atoms with E-state index in [1.165, 1.54) is 0 Å². The Morgan fingerprint density at radius 2 is 2.28 bits per heavy atom. The third-order valence-corrected chi connectivity index (χ3v) is 3.09. The van der Waals surface area contributed by atoms with Crippen molar-refractivity contribution in [2.75, 3.05) is 24.4 Å². The number of aromatic nitrogens is 2. The zero-order valence-electron chi connectivity index (χ0n) is 11.1. The quantitative estimate of drug-likeness (QED) is 0.824. The molecule has 0 saturated heterocycles. The molecule has 1 aromatic heterocycles. The number of nitrogens with zero attached hydrogens (tertiary/aromatic N) is 2. The zero-order valence-corrected chi connectivity index (χ0v) is 11.1. The number of aryl methyl sites for hydroxylation is 2. The average molecular weight is 252 g/mol. The number of ether oxygens (including phenoxy) is 1. The van der Waals surface area contributed by atoms with Crippen molar-refractivity contribution < 1.29 is 9.53 Å². The second-order valence-corrected chi connectivity index (χ2v) is 4.51. The fourth-order valence-corrected chi connectivity index (χ4v) is 2.17. The van der Waals surface area contributed by atoms with Gasteiger partial charge in [0, 0.05) is 20.8 Å². The SMILES string of the molecule is CCCc1nn(C)c2c1NC(=O)C(CCOC)N2. The van der Waals surface area contributed by atoms with Crippen molar-refractivity contribution in [3.63, 3.8) is 0 Å². The van der Waals surface area contributed by atoms with E-state index >= 15 is 0 Å². The molecular formula is C12H20N4O2. The van der Waals surface area contributed by atoms with E-state index in [0.29, 0.717) is 13.0 Å². The van der Waals surface area contributed by atoms with Gasteiger partial charge in [-0.2, -0.15) is 5.10 Å². The zero-order chi connectivity index (χ0) is 13.1. The number of hydrogen-bond acceptors (Lipinski definition) is 4. The Bertz CT molecular complexity index is 442. The Balaban J connectivity index is 2.20. The molecule has 1 aromatic rings. The van der Waals surface area contributed by atoms with E-state index in [2.05, 4.69) is 22.7 Å². The largest absolute Gasteiger partial charge is 0.385 e. The van der Waals surface area contributed by atoms with Crippen LogP contribution in [0.5, 0.6) is 0 Å². The van der Waals surface area contributed by atoms with Gasteiger partial charge >= 0.3 is 0 Å². The molecule has 100 valence electrons. The Kier molecular flexibility index (Phi) is 3.86. The fraction of sp³-hybridized carbons (Fsp3) is 0.667. The molecule has 0 aromatic carbocycles. The molecule has 2 N–H and O–H groups in total. The molecule has 1 aliphatic heterocycles. The van der Waals surface area contributed by atoms with E-state index in [-0.39, 0.29) is 11.9 Å². The van der Waals surface area contributed by atoms with Crippen LogP contribution in [0.4, 0.5) is 11.5 Å². The van der Waals surface area contributed by atoms with Gasteiger partial charge in [0.1, 0.15) is 17.5 Å². The lowest BCUT2D eigenvalue weighted by Crippen LogP contribution is -2.40. The van der Waals surface area contributed by atoms with Crippen molar-refractivity contribution >= 4 is 17.4 Å². The normalized spacial score (nSPS) is 18.2. The van der Waals surface area contributed by atoms with Crippen LogP contribution in [0.15, 0.2) is 0 Å². The number of hydrogen-bond donors (Lipinski definition) is 2. The minimum absolute atomic E-state index is 0.00935. The first-order valence-corrected chi connectivity index (χ1v) is 6.29. The van der Waals surface area contributed by atoms with E-state index in [4.69, 9.17) is 4.74 Å². The number of anilines is 2. The van der Waals surface area contributed by atoms with Crippen LogP contribution in [0.3, 0.4) is 0 Å². The van der Waals surface area contributed by atoms with Crippen LogP contribution in [-0.4, -0.2) is 35.4 Å². The van der Waals surface area contributed by atoms with Gasteiger partial charge in [-0.3, -0.25) is 9.48 Å². The maximum absolute atomic E-state index is 12.0. The van der Waals surface area contributed by atoms with Gasteiger partial charge in [0.05, 0.1) is 5.69 Å². The van der Waals surface area contributed by atoms with E-state index in [9.17, 15) is 4.79 Å². The van der Waals surface area contributed by atoms with Gasteiger partial charge in [-0.15, -0.1) is 0 Å². The summed E-state index contributed by atoms with van der Waals surface area (Å²) in [7, 11) is 3.52. The van der Waals surface area contributed by atoms with Crippen molar-refractivity contribution in [2.24, 2.45) is 7.05 Å². The van der Waals surface area contributed by atoms with E-state index < -0.39 is 0 Å². The van der Waals surface area contributed by atoms with Crippen LogP contribution >= 0.6 is 0 Å². The summed E-state index contributed by atoms with van der Waals surface area (Å²) >= 11 is 0. The van der Waals surface area contributed by atoms with Crippen molar-refractivity contribution in [1.82, 2.24) is 9.78 Å². The van der Waals surface area contributed by atoms with Gasteiger partial charge in [-0.05, 0) is 12.8 Å². The van der Waals surface area contributed by atoms with Crippen LogP contribution in [0, 0.1) is 0 Å². The number of carbonyl (C=O) groups is 1. The van der Waals surface area contributed by atoms with E-state index in [1.54, 1.807) is 11.8 Å². The highest BCUT2D eigenvalue weighted by Crippen LogP contribution is 2.31. The first-order valence-electron chi connectivity index (χ1n) is 6.29. The van der Waals surface area contributed by atoms with Crippen LogP contribution in [0.1, 0.15) is 25.5 Å². The van der Waals surface area contributed by atoms with E-state index in [1.807, 2.05) is 7.05 Å². The summed E-state index contributed by atoms with van der Waals surface area (Å²) in [5.41, 5.74) is 1.78.